The van der Waals surface area contributed by atoms with Crippen LogP contribution in [0.1, 0.15) is 18.4 Å². The van der Waals surface area contributed by atoms with Crippen molar-refractivity contribution in [2.75, 3.05) is 10.6 Å². The zero-order valence-corrected chi connectivity index (χ0v) is 12.3. The second-order valence-electron chi connectivity index (χ2n) is 5.44. The van der Waals surface area contributed by atoms with Crippen LogP contribution in [0.5, 0.6) is 0 Å². The van der Waals surface area contributed by atoms with Gasteiger partial charge in [-0.2, -0.15) is 5.10 Å². The molecule has 0 spiro atoms. The fourth-order valence-corrected chi connectivity index (χ4v) is 2.57. The van der Waals surface area contributed by atoms with E-state index in [-0.39, 0.29) is 35.5 Å². The Morgan fingerprint density at radius 3 is 2.83 bits per heavy atom. The number of aromatic nitrogens is 2. The van der Waals surface area contributed by atoms with Crippen molar-refractivity contribution in [1.82, 2.24) is 10.2 Å². The largest absolute Gasteiger partial charge is 0.326 e. The molecule has 2 amide bonds. The van der Waals surface area contributed by atoms with Crippen LogP contribution >= 0.6 is 0 Å². The van der Waals surface area contributed by atoms with E-state index in [4.69, 9.17) is 0 Å². The monoisotopic (exact) mass is 312 g/mol. The van der Waals surface area contributed by atoms with Crippen molar-refractivity contribution in [3.05, 3.63) is 52.3 Å². The Hall–Kier alpha value is -2.96. The summed E-state index contributed by atoms with van der Waals surface area (Å²) in [5, 5.41) is 11.4. The molecule has 1 atom stereocenters. The van der Waals surface area contributed by atoms with E-state index in [1.54, 1.807) is 0 Å². The van der Waals surface area contributed by atoms with Crippen molar-refractivity contribution in [3.8, 4) is 0 Å². The molecule has 7 nitrogen and oxygen atoms in total. The van der Waals surface area contributed by atoms with Crippen LogP contribution < -0.4 is 16.2 Å². The zero-order valence-electron chi connectivity index (χ0n) is 12.3. The maximum absolute atomic E-state index is 12.1. The van der Waals surface area contributed by atoms with Crippen LogP contribution in [0.4, 0.5) is 11.5 Å². The molecule has 118 valence electrons. The Morgan fingerprint density at radius 2 is 2.04 bits per heavy atom. The Labute approximate surface area is 132 Å². The van der Waals surface area contributed by atoms with E-state index in [1.807, 2.05) is 24.3 Å². The van der Waals surface area contributed by atoms with Crippen LogP contribution in [0.15, 0.2) is 41.2 Å². The van der Waals surface area contributed by atoms with Crippen molar-refractivity contribution < 1.29 is 9.59 Å². The summed E-state index contributed by atoms with van der Waals surface area (Å²) in [5.74, 6) is -0.234. The van der Waals surface area contributed by atoms with Gasteiger partial charge in [-0.15, -0.1) is 0 Å². The molecule has 0 saturated heterocycles. The van der Waals surface area contributed by atoms with Gasteiger partial charge in [0.1, 0.15) is 0 Å². The molecular weight excluding hydrogens is 296 g/mol. The van der Waals surface area contributed by atoms with Crippen molar-refractivity contribution in [2.24, 2.45) is 5.92 Å². The fourth-order valence-electron chi connectivity index (χ4n) is 2.57. The lowest BCUT2D eigenvalue weighted by Gasteiger charge is -2.24. The van der Waals surface area contributed by atoms with Gasteiger partial charge in [0.15, 0.2) is 5.82 Å². The van der Waals surface area contributed by atoms with Gasteiger partial charge in [-0.05, 0) is 30.5 Å². The zero-order chi connectivity index (χ0) is 16.2. The number of benzene rings is 1. The molecule has 1 aromatic carbocycles. The molecule has 2 heterocycles. The number of fused-ring (bicyclic) bond motifs is 1. The van der Waals surface area contributed by atoms with Crippen LogP contribution in [0, 0.1) is 5.92 Å². The number of carbonyl (C=O) groups is 2. The van der Waals surface area contributed by atoms with Gasteiger partial charge in [-0.25, -0.2) is 5.10 Å². The standard InChI is InChI=1S/C16H16N4O3/c21-14(18-13-6-8-15(22)20-19-13)7-5-11-9-10-3-1-2-4-12(10)17-16(11)23/h1-4,6,8,11H,5,7,9H2,(H,17,23)(H,20,22)(H,18,19,21)/t11-/m0/s1. The van der Waals surface area contributed by atoms with Crippen molar-refractivity contribution in [1.29, 1.82) is 0 Å². The molecule has 0 saturated carbocycles. The van der Waals surface area contributed by atoms with Gasteiger partial charge in [-0.1, -0.05) is 18.2 Å². The predicted molar refractivity (Wildman–Crippen MR) is 85.0 cm³/mol. The normalized spacial score (nSPS) is 16.3. The number of rotatable bonds is 4. The fraction of sp³-hybridized carbons (Fsp3) is 0.250. The first-order chi connectivity index (χ1) is 11.1. The van der Waals surface area contributed by atoms with E-state index in [0.717, 1.165) is 11.3 Å². The summed E-state index contributed by atoms with van der Waals surface area (Å²) >= 11 is 0. The maximum Gasteiger partial charge on any atom is 0.264 e. The van der Waals surface area contributed by atoms with E-state index < -0.39 is 0 Å². The second-order valence-corrected chi connectivity index (χ2v) is 5.44. The Balaban J connectivity index is 1.56. The molecule has 1 aliphatic heterocycles. The minimum absolute atomic E-state index is 0.0568. The molecule has 1 aliphatic rings. The van der Waals surface area contributed by atoms with Crippen LogP contribution in [0.25, 0.3) is 0 Å². The third-order valence-corrected chi connectivity index (χ3v) is 3.78. The van der Waals surface area contributed by atoms with Gasteiger partial charge in [0.05, 0.1) is 0 Å². The molecule has 23 heavy (non-hydrogen) atoms. The Morgan fingerprint density at radius 1 is 1.22 bits per heavy atom. The summed E-state index contributed by atoms with van der Waals surface area (Å²) in [6.45, 7) is 0. The van der Waals surface area contributed by atoms with Gasteiger partial charge < -0.3 is 10.6 Å². The minimum atomic E-state index is -0.333. The van der Waals surface area contributed by atoms with Gasteiger partial charge >= 0.3 is 0 Å². The summed E-state index contributed by atoms with van der Waals surface area (Å²) in [6.07, 6.45) is 1.29. The van der Waals surface area contributed by atoms with E-state index in [0.29, 0.717) is 12.8 Å². The molecule has 0 radical (unpaired) electrons. The number of amides is 2. The average Bonchev–Trinajstić information content (AvgIpc) is 2.55. The number of carbonyl (C=O) groups excluding carboxylic acids is 2. The number of nitrogens with zero attached hydrogens (tertiary/aromatic N) is 1. The number of hydrogen-bond donors (Lipinski definition) is 3. The first kappa shape index (κ1) is 15.0. The SMILES string of the molecule is O=C(CC[C@H]1Cc2ccccc2NC1=O)Nc1ccc(=O)[nH]n1. The highest BCUT2D eigenvalue weighted by molar-refractivity contribution is 5.96. The summed E-state index contributed by atoms with van der Waals surface area (Å²) in [6, 6.07) is 10.4. The first-order valence-electron chi connectivity index (χ1n) is 7.36. The third kappa shape index (κ3) is 3.63. The van der Waals surface area contributed by atoms with Gasteiger partial charge in [0.25, 0.3) is 5.56 Å². The van der Waals surface area contributed by atoms with E-state index in [2.05, 4.69) is 20.8 Å². The van der Waals surface area contributed by atoms with Crippen LogP contribution in [0.3, 0.4) is 0 Å². The average molecular weight is 312 g/mol. The summed E-state index contributed by atoms with van der Waals surface area (Å²) < 4.78 is 0. The molecule has 3 rings (SSSR count). The van der Waals surface area contributed by atoms with E-state index >= 15 is 0 Å². The highest BCUT2D eigenvalue weighted by Gasteiger charge is 2.26. The molecule has 0 unspecified atom stereocenters. The number of nitrogens with one attached hydrogen (secondary N) is 3. The van der Waals surface area contributed by atoms with Crippen LogP contribution in [-0.4, -0.2) is 22.0 Å². The lowest BCUT2D eigenvalue weighted by atomic mass is 9.89. The van der Waals surface area contributed by atoms with E-state index in [1.165, 1.54) is 12.1 Å². The van der Waals surface area contributed by atoms with Crippen molar-refractivity contribution >= 4 is 23.3 Å². The first-order valence-corrected chi connectivity index (χ1v) is 7.36. The molecule has 1 aromatic heterocycles. The number of anilines is 2. The number of H-pyrrole nitrogens is 1. The number of hydrogen-bond acceptors (Lipinski definition) is 4. The van der Waals surface area contributed by atoms with Crippen molar-refractivity contribution in [3.63, 3.8) is 0 Å². The maximum atomic E-state index is 12.1. The van der Waals surface area contributed by atoms with Crippen LogP contribution in [0.2, 0.25) is 0 Å². The van der Waals surface area contributed by atoms with Crippen molar-refractivity contribution in [2.45, 2.75) is 19.3 Å². The minimum Gasteiger partial charge on any atom is -0.326 e. The topological polar surface area (TPSA) is 104 Å². The highest BCUT2D eigenvalue weighted by atomic mass is 16.2. The predicted octanol–water partition coefficient (Wildman–Crippen LogP) is 1.30. The lowest BCUT2D eigenvalue weighted by molar-refractivity contribution is -0.121. The third-order valence-electron chi connectivity index (χ3n) is 3.78. The quantitative estimate of drug-likeness (QED) is 0.791. The molecule has 0 bridgehead atoms. The molecule has 2 aromatic rings. The summed E-state index contributed by atoms with van der Waals surface area (Å²) in [7, 11) is 0. The number of para-hydroxylation sites is 1. The van der Waals surface area contributed by atoms with Gasteiger partial charge in [0, 0.05) is 24.1 Å². The Kier molecular flexibility index (Phi) is 4.18. The molecule has 0 fully saturated rings. The molecule has 3 N–H and O–H groups in total. The van der Waals surface area contributed by atoms with Gasteiger partial charge in [-0.3, -0.25) is 14.4 Å². The van der Waals surface area contributed by atoms with Crippen LogP contribution in [-0.2, 0) is 16.0 Å². The molecule has 7 heteroatoms. The molecule has 0 aliphatic carbocycles. The highest BCUT2D eigenvalue weighted by Crippen LogP contribution is 2.27. The lowest BCUT2D eigenvalue weighted by Crippen LogP contribution is -2.30. The van der Waals surface area contributed by atoms with E-state index in [9.17, 15) is 14.4 Å². The second kappa shape index (κ2) is 6.43. The summed E-state index contributed by atoms with van der Waals surface area (Å²) in [5.41, 5.74) is 1.59. The Bertz CT molecular complexity index is 779. The summed E-state index contributed by atoms with van der Waals surface area (Å²) in [4.78, 5) is 34.9. The van der Waals surface area contributed by atoms with Gasteiger partial charge in [0.2, 0.25) is 11.8 Å². The smallest absolute Gasteiger partial charge is 0.264 e. The molecular formula is C16H16N4O3. The number of aromatic amines is 1.